The van der Waals surface area contributed by atoms with Gasteiger partial charge in [-0.2, -0.15) is 23.5 Å². The first-order valence-corrected chi connectivity index (χ1v) is 14.5. The molecule has 0 aromatic carbocycles. The topological polar surface area (TPSA) is 145 Å². The van der Waals surface area contributed by atoms with Crippen LogP contribution >= 0.6 is 0 Å². The highest BCUT2D eigenvalue weighted by Crippen LogP contribution is 2.45. The zero-order valence-corrected chi connectivity index (χ0v) is 24.3. The Kier molecular flexibility index (Phi) is 7.80. The molecule has 6 rings (SSSR count). The SMILES string of the molecule is CC(C)NCc1cc(C(=O)N2CCN([C@H]3C[C@](CC#N)(n4cc(-c5ncnc6[nH]ccc56)cn4)C3)CC2)nc(C(F)(F)F)n1. The number of halogens is 3. The molecule has 4 aromatic heterocycles. The molecule has 1 saturated heterocycles. The largest absolute Gasteiger partial charge is 0.451 e. The lowest BCUT2D eigenvalue weighted by Crippen LogP contribution is -2.60. The first-order valence-electron chi connectivity index (χ1n) is 14.5. The molecule has 0 radical (unpaired) electrons. The second-order valence-corrected chi connectivity index (χ2v) is 11.7. The Morgan fingerprint density at radius 2 is 1.98 bits per heavy atom. The molecule has 2 fully saturated rings. The number of nitriles is 1. The number of amides is 1. The molecule has 0 spiro atoms. The van der Waals surface area contributed by atoms with Crippen molar-refractivity contribution in [2.75, 3.05) is 26.2 Å². The number of rotatable bonds is 8. The summed E-state index contributed by atoms with van der Waals surface area (Å²) in [6, 6.07) is 5.80. The maximum absolute atomic E-state index is 13.5. The average Bonchev–Trinajstić information content (AvgIpc) is 3.67. The van der Waals surface area contributed by atoms with Gasteiger partial charge in [0.2, 0.25) is 5.82 Å². The number of hydrogen-bond acceptors (Lipinski definition) is 9. The van der Waals surface area contributed by atoms with Gasteiger partial charge in [0.15, 0.2) is 0 Å². The van der Waals surface area contributed by atoms with Crippen molar-refractivity contribution in [3.05, 3.63) is 54.3 Å². The lowest BCUT2D eigenvalue weighted by molar-refractivity contribution is -0.145. The van der Waals surface area contributed by atoms with Crippen molar-refractivity contribution in [3.8, 4) is 17.3 Å². The highest BCUT2D eigenvalue weighted by atomic mass is 19.4. The fourth-order valence-electron chi connectivity index (χ4n) is 6.03. The van der Waals surface area contributed by atoms with E-state index in [4.69, 9.17) is 0 Å². The molecule has 0 atom stereocenters. The molecule has 230 valence electrons. The van der Waals surface area contributed by atoms with Crippen LogP contribution in [0.15, 0.2) is 37.1 Å². The molecule has 1 aliphatic heterocycles. The van der Waals surface area contributed by atoms with Gasteiger partial charge in [-0.15, -0.1) is 0 Å². The molecule has 4 aromatic rings. The monoisotopic (exact) mass is 607 g/mol. The highest BCUT2D eigenvalue weighted by Gasteiger charge is 2.49. The number of fused-ring (bicyclic) bond motifs is 1. The number of nitrogens with zero attached hydrogens (tertiary/aromatic N) is 9. The number of carbonyl (C=O) groups excluding carboxylic acids is 1. The number of piperazine rings is 1. The van der Waals surface area contributed by atoms with Gasteiger partial charge in [-0.25, -0.2) is 19.9 Å². The minimum absolute atomic E-state index is 0.0364. The second kappa shape index (κ2) is 11.6. The van der Waals surface area contributed by atoms with Crippen molar-refractivity contribution in [2.45, 2.75) is 63.5 Å². The molecule has 44 heavy (non-hydrogen) atoms. The fraction of sp³-hybridized carbons (Fsp3) is 0.483. The molecule has 5 heterocycles. The van der Waals surface area contributed by atoms with Gasteiger partial charge in [0.25, 0.3) is 5.91 Å². The molecule has 1 amide bonds. The van der Waals surface area contributed by atoms with Crippen LogP contribution in [0.2, 0.25) is 0 Å². The maximum atomic E-state index is 13.5. The molecule has 1 saturated carbocycles. The predicted octanol–water partition coefficient (Wildman–Crippen LogP) is 3.36. The Hall–Kier alpha value is -4.42. The fourth-order valence-corrected chi connectivity index (χ4v) is 6.03. The third kappa shape index (κ3) is 5.74. The van der Waals surface area contributed by atoms with Crippen LogP contribution in [-0.4, -0.2) is 88.7 Å². The van der Waals surface area contributed by atoms with Crippen molar-refractivity contribution >= 4 is 16.9 Å². The molecule has 0 bridgehead atoms. The van der Waals surface area contributed by atoms with Gasteiger partial charge in [-0.05, 0) is 25.0 Å². The Bertz CT molecular complexity index is 1690. The number of H-pyrrole nitrogens is 1. The Balaban J connectivity index is 1.11. The summed E-state index contributed by atoms with van der Waals surface area (Å²) in [7, 11) is 0. The quantitative estimate of drug-likeness (QED) is 0.308. The molecule has 0 unspecified atom stereocenters. The third-order valence-corrected chi connectivity index (χ3v) is 8.40. The highest BCUT2D eigenvalue weighted by molar-refractivity contribution is 5.92. The van der Waals surface area contributed by atoms with Gasteiger partial charge in [0, 0.05) is 68.2 Å². The summed E-state index contributed by atoms with van der Waals surface area (Å²) >= 11 is 0. The normalized spacial score (nSPS) is 21.0. The van der Waals surface area contributed by atoms with Gasteiger partial charge < -0.3 is 15.2 Å². The third-order valence-electron chi connectivity index (χ3n) is 8.40. The maximum Gasteiger partial charge on any atom is 0.451 e. The van der Waals surface area contributed by atoms with E-state index in [1.54, 1.807) is 11.1 Å². The van der Waals surface area contributed by atoms with E-state index >= 15 is 0 Å². The predicted molar refractivity (Wildman–Crippen MR) is 153 cm³/mol. The smallest absolute Gasteiger partial charge is 0.346 e. The van der Waals surface area contributed by atoms with Gasteiger partial charge in [-0.3, -0.25) is 14.4 Å². The van der Waals surface area contributed by atoms with Crippen molar-refractivity contribution in [1.82, 2.24) is 49.8 Å². The summed E-state index contributed by atoms with van der Waals surface area (Å²) in [5, 5.41) is 18.2. The van der Waals surface area contributed by atoms with Gasteiger partial charge >= 0.3 is 6.18 Å². The van der Waals surface area contributed by atoms with Gasteiger partial charge in [0.05, 0.1) is 35.6 Å². The van der Waals surface area contributed by atoms with Crippen LogP contribution in [0, 0.1) is 11.3 Å². The Labute approximate surface area is 251 Å². The van der Waals surface area contributed by atoms with E-state index in [0.29, 0.717) is 45.4 Å². The summed E-state index contributed by atoms with van der Waals surface area (Å²) in [5.41, 5.74) is 1.75. The number of nitrogens with one attached hydrogen (secondary N) is 2. The van der Waals surface area contributed by atoms with Crippen LogP contribution in [0.1, 0.15) is 55.1 Å². The second-order valence-electron chi connectivity index (χ2n) is 11.7. The van der Waals surface area contributed by atoms with Gasteiger partial charge in [-0.1, -0.05) is 13.8 Å². The number of carbonyl (C=O) groups is 1. The van der Waals surface area contributed by atoms with Crippen LogP contribution in [0.5, 0.6) is 0 Å². The lowest BCUT2D eigenvalue weighted by Gasteiger charge is -2.52. The molecule has 12 nitrogen and oxygen atoms in total. The van der Waals surface area contributed by atoms with E-state index < -0.39 is 23.4 Å². The zero-order valence-electron chi connectivity index (χ0n) is 24.3. The number of aromatic amines is 1. The van der Waals surface area contributed by atoms with Crippen molar-refractivity contribution < 1.29 is 18.0 Å². The molecule has 15 heteroatoms. The van der Waals surface area contributed by atoms with Crippen molar-refractivity contribution in [3.63, 3.8) is 0 Å². The Morgan fingerprint density at radius 1 is 1.20 bits per heavy atom. The average molecular weight is 608 g/mol. The van der Waals surface area contributed by atoms with E-state index in [-0.39, 0.29) is 30.0 Å². The van der Waals surface area contributed by atoms with Crippen molar-refractivity contribution in [1.29, 1.82) is 5.26 Å². The summed E-state index contributed by atoms with van der Waals surface area (Å²) < 4.78 is 42.4. The Morgan fingerprint density at radius 3 is 2.68 bits per heavy atom. The number of aromatic nitrogens is 7. The minimum atomic E-state index is -4.76. The van der Waals surface area contributed by atoms with Crippen LogP contribution in [0.4, 0.5) is 13.2 Å². The molecular weight excluding hydrogens is 575 g/mol. The molecular formula is C29H32F3N11O. The molecule has 2 N–H and O–H groups in total. The number of hydrogen-bond donors (Lipinski definition) is 2. The van der Waals surface area contributed by atoms with E-state index in [2.05, 4.69) is 46.3 Å². The van der Waals surface area contributed by atoms with E-state index in [9.17, 15) is 23.2 Å². The lowest BCUT2D eigenvalue weighted by atomic mass is 9.70. The standard InChI is InChI=1S/C29H32F3N11O/c1-18(2)35-15-20-11-23(40-27(39-20)29(30,31)32)26(44)42-9-7-41(8-10-42)21-12-28(13-21,4-5-33)43-16-19(14-38-43)24-22-3-6-34-25(22)37-17-36-24/h3,6,11,14,16-18,21,35H,4,7-10,12-13,15H2,1-2H3,(H,34,36,37)/t21-,28-. The van der Waals surface area contributed by atoms with E-state index in [1.807, 2.05) is 37.0 Å². The van der Waals surface area contributed by atoms with Crippen molar-refractivity contribution in [2.24, 2.45) is 0 Å². The summed E-state index contributed by atoms with van der Waals surface area (Å²) in [5.74, 6) is -1.86. The summed E-state index contributed by atoms with van der Waals surface area (Å²) in [4.78, 5) is 36.1. The zero-order chi connectivity index (χ0) is 31.1. The first-order chi connectivity index (χ1) is 21.1. The minimum Gasteiger partial charge on any atom is -0.346 e. The van der Waals surface area contributed by atoms with Crippen LogP contribution in [0.25, 0.3) is 22.3 Å². The van der Waals surface area contributed by atoms with E-state index in [1.165, 1.54) is 12.4 Å². The molecule has 2 aliphatic rings. The van der Waals surface area contributed by atoms with Crippen LogP contribution in [0.3, 0.4) is 0 Å². The molecule has 1 aliphatic carbocycles. The summed E-state index contributed by atoms with van der Waals surface area (Å²) in [6.07, 6.45) is 3.97. The first kappa shape index (κ1) is 29.6. The number of alkyl halides is 3. The van der Waals surface area contributed by atoms with Crippen LogP contribution in [-0.2, 0) is 18.3 Å². The summed E-state index contributed by atoms with van der Waals surface area (Å²) in [6.45, 7) is 5.68. The van der Waals surface area contributed by atoms with Crippen LogP contribution < -0.4 is 5.32 Å². The van der Waals surface area contributed by atoms with E-state index in [0.717, 1.165) is 22.3 Å². The van der Waals surface area contributed by atoms with Gasteiger partial charge in [0.1, 0.15) is 17.7 Å².